The molecule has 1 atom stereocenters. The van der Waals surface area contributed by atoms with Gasteiger partial charge in [-0.1, -0.05) is 44.0 Å². The average molecular weight is 205 g/mol. The van der Waals surface area contributed by atoms with Crippen LogP contribution in [-0.2, 0) is 11.3 Å². The Morgan fingerprint density at radius 3 is 3.07 bits per heavy atom. The maximum absolute atomic E-state index is 5.82. The highest BCUT2D eigenvalue weighted by Gasteiger charge is 2.20. The number of fused-ring (bicyclic) bond motifs is 1. The molecule has 0 amide bonds. The van der Waals surface area contributed by atoms with Crippen molar-refractivity contribution in [3.05, 3.63) is 35.4 Å². The molecule has 2 heteroatoms. The van der Waals surface area contributed by atoms with Crippen molar-refractivity contribution in [2.45, 2.75) is 39.0 Å². The Morgan fingerprint density at radius 2 is 2.20 bits per heavy atom. The average Bonchev–Trinajstić information content (AvgIpc) is 2.68. The summed E-state index contributed by atoms with van der Waals surface area (Å²) < 4.78 is 5.82. The van der Waals surface area contributed by atoms with E-state index in [4.69, 9.17) is 4.74 Å². The van der Waals surface area contributed by atoms with Gasteiger partial charge in [-0.3, -0.25) is 5.32 Å². The monoisotopic (exact) mass is 205 g/mol. The summed E-state index contributed by atoms with van der Waals surface area (Å²) in [4.78, 5) is 0. The third kappa shape index (κ3) is 2.58. The maximum atomic E-state index is 5.82. The number of nitrogens with one attached hydrogen (secondary N) is 1. The Kier molecular flexibility index (Phi) is 3.75. The Morgan fingerprint density at radius 1 is 1.33 bits per heavy atom. The highest BCUT2D eigenvalue weighted by atomic mass is 16.5. The van der Waals surface area contributed by atoms with Crippen LogP contribution in [0.4, 0.5) is 0 Å². The molecule has 0 aromatic heterocycles. The lowest BCUT2D eigenvalue weighted by atomic mass is 10.1. The summed E-state index contributed by atoms with van der Waals surface area (Å²) in [5.74, 6) is 0. The van der Waals surface area contributed by atoms with Crippen LogP contribution in [0.25, 0.3) is 0 Å². The molecule has 1 unspecified atom stereocenters. The van der Waals surface area contributed by atoms with Crippen LogP contribution in [0.5, 0.6) is 0 Å². The van der Waals surface area contributed by atoms with E-state index in [1.165, 1.54) is 24.0 Å². The van der Waals surface area contributed by atoms with E-state index in [9.17, 15) is 0 Å². The topological polar surface area (TPSA) is 21.3 Å². The van der Waals surface area contributed by atoms with Crippen molar-refractivity contribution in [2.24, 2.45) is 0 Å². The molecule has 0 fully saturated rings. The first-order chi connectivity index (χ1) is 7.42. The van der Waals surface area contributed by atoms with E-state index < -0.39 is 0 Å². The normalized spacial score (nSPS) is 19.1. The smallest absolute Gasteiger partial charge is 0.134 e. The van der Waals surface area contributed by atoms with Crippen molar-refractivity contribution in [1.29, 1.82) is 0 Å². The molecular weight excluding hydrogens is 186 g/mol. The van der Waals surface area contributed by atoms with E-state index in [0.717, 1.165) is 19.6 Å². The molecule has 1 aromatic rings. The van der Waals surface area contributed by atoms with Crippen molar-refractivity contribution in [2.75, 3.05) is 6.61 Å². The van der Waals surface area contributed by atoms with Gasteiger partial charge in [0.1, 0.15) is 6.23 Å². The molecule has 1 N–H and O–H groups in total. The lowest BCUT2D eigenvalue weighted by Crippen LogP contribution is -2.16. The Bertz CT molecular complexity index is 311. The van der Waals surface area contributed by atoms with Gasteiger partial charge in [-0.25, -0.2) is 0 Å². The van der Waals surface area contributed by atoms with Crippen LogP contribution in [0.1, 0.15) is 43.5 Å². The lowest BCUT2D eigenvalue weighted by molar-refractivity contribution is 0.0334. The zero-order valence-corrected chi connectivity index (χ0v) is 9.33. The van der Waals surface area contributed by atoms with E-state index in [-0.39, 0.29) is 6.23 Å². The summed E-state index contributed by atoms with van der Waals surface area (Å²) in [6, 6.07) is 8.48. The van der Waals surface area contributed by atoms with E-state index >= 15 is 0 Å². The molecule has 15 heavy (non-hydrogen) atoms. The fourth-order valence-corrected chi connectivity index (χ4v) is 1.97. The minimum Gasteiger partial charge on any atom is -0.359 e. The molecule has 2 nitrogen and oxygen atoms in total. The molecule has 1 heterocycles. The highest BCUT2D eigenvalue weighted by molar-refractivity contribution is 5.32. The standard InChI is InChI=1S/C13H19NO/c1-2-3-6-9-15-13-12-8-5-4-7-11(12)10-14-13/h4-5,7-8,13-14H,2-3,6,9-10H2,1H3. The summed E-state index contributed by atoms with van der Waals surface area (Å²) >= 11 is 0. The zero-order chi connectivity index (χ0) is 10.5. The summed E-state index contributed by atoms with van der Waals surface area (Å²) in [6.45, 7) is 4.01. The van der Waals surface area contributed by atoms with Crippen molar-refractivity contribution in [3.8, 4) is 0 Å². The lowest BCUT2D eigenvalue weighted by Gasteiger charge is -2.13. The van der Waals surface area contributed by atoms with E-state index in [1.807, 2.05) is 0 Å². The number of ether oxygens (including phenoxy) is 1. The molecule has 1 aromatic carbocycles. The molecule has 0 spiro atoms. The Balaban J connectivity index is 1.85. The van der Waals surface area contributed by atoms with Gasteiger partial charge in [0.2, 0.25) is 0 Å². The first-order valence-corrected chi connectivity index (χ1v) is 5.84. The van der Waals surface area contributed by atoms with Gasteiger partial charge in [-0.15, -0.1) is 0 Å². The van der Waals surface area contributed by atoms with Crippen LogP contribution in [0.3, 0.4) is 0 Å². The van der Waals surface area contributed by atoms with Gasteiger partial charge in [0.15, 0.2) is 0 Å². The number of hydrogen-bond acceptors (Lipinski definition) is 2. The fourth-order valence-electron chi connectivity index (χ4n) is 1.97. The van der Waals surface area contributed by atoms with Crippen LogP contribution >= 0.6 is 0 Å². The quantitative estimate of drug-likeness (QED) is 0.746. The van der Waals surface area contributed by atoms with Crippen LogP contribution in [0.15, 0.2) is 24.3 Å². The van der Waals surface area contributed by atoms with Gasteiger partial charge in [0.25, 0.3) is 0 Å². The molecule has 0 radical (unpaired) electrons. The number of benzene rings is 1. The molecular formula is C13H19NO. The Labute approximate surface area is 91.6 Å². The van der Waals surface area contributed by atoms with Gasteiger partial charge >= 0.3 is 0 Å². The highest BCUT2D eigenvalue weighted by Crippen LogP contribution is 2.25. The predicted molar refractivity (Wildman–Crippen MR) is 61.5 cm³/mol. The molecule has 0 saturated carbocycles. The molecule has 0 aliphatic carbocycles. The first kappa shape index (κ1) is 10.7. The molecule has 1 aliphatic rings. The van der Waals surface area contributed by atoms with Crippen LogP contribution < -0.4 is 5.32 Å². The summed E-state index contributed by atoms with van der Waals surface area (Å²) in [7, 11) is 0. The van der Waals surface area contributed by atoms with Gasteiger partial charge < -0.3 is 4.74 Å². The van der Waals surface area contributed by atoms with Crippen LogP contribution in [0.2, 0.25) is 0 Å². The van der Waals surface area contributed by atoms with E-state index in [0.29, 0.717) is 0 Å². The van der Waals surface area contributed by atoms with Gasteiger partial charge in [0.05, 0.1) is 0 Å². The Hall–Kier alpha value is -0.860. The first-order valence-electron chi connectivity index (χ1n) is 5.84. The fraction of sp³-hybridized carbons (Fsp3) is 0.538. The second-order valence-corrected chi connectivity index (χ2v) is 4.04. The van der Waals surface area contributed by atoms with Gasteiger partial charge in [-0.2, -0.15) is 0 Å². The largest absolute Gasteiger partial charge is 0.359 e. The van der Waals surface area contributed by atoms with Crippen molar-refractivity contribution in [3.63, 3.8) is 0 Å². The molecule has 82 valence electrons. The third-order valence-electron chi connectivity index (χ3n) is 2.85. The molecule has 1 aliphatic heterocycles. The second-order valence-electron chi connectivity index (χ2n) is 4.04. The minimum absolute atomic E-state index is 0.123. The van der Waals surface area contributed by atoms with Crippen molar-refractivity contribution in [1.82, 2.24) is 5.32 Å². The minimum atomic E-state index is 0.123. The van der Waals surface area contributed by atoms with Crippen molar-refractivity contribution < 1.29 is 4.74 Å². The molecule has 0 saturated heterocycles. The molecule has 2 rings (SSSR count). The summed E-state index contributed by atoms with van der Waals surface area (Å²) in [5, 5.41) is 3.38. The molecule has 0 bridgehead atoms. The summed E-state index contributed by atoms with van der Waals surface area (Å²) in [5.41, 5.74) is 2.69. The third-order valence-corrected chi connectivity index (χ3v) is 2.85. The van der Waals surface area contributed by atoms with Gasteiger partial charge in [0, 0.05) is 13.2 Å². The predicted octanol–water partition coefficient (Wildman–Crippen LogP) is 3.00. The number of unbranched alkanes of at least 4 members (excludes halogenated alkanes) is 2. The van der Waals surface area contributed by atoms with E-state index in [1.54, 1.807) is 0 Å². The number of hydrogen-bond donors (Lipinski definition) is 1. The second kappa shape index (κ2) is 5.29. The summed E-state index contributed by atoms with van der Waals surface area (Å²) in [6.07, 6.45) is 3.79. The van der Waals surface area contributed by atoms with Crippen molar-refractivity contribution >= 4 is 0 Å². The van der Waals surface area contributed by atoms with Crippen LogP contribution in [-0.4, -0.2) is 6.61 Å². The van der Waals surface area contributed by atoms with Gasteiger partial charge in [-0.05, 0) is 17.5 Å². The van der Waals surface area contributed by atoms with E-state index in [2.05, 4.69) is 36.5 Å². The maximum Gasteiger partial charge on any atom is 0.134 e. The van der Waals surface area contributed by atoms with Crippen LogP contribution in [0, 0.1) is 0 Å². The SMILES string of the molecule is CCCCCOC1NCc2ccccc21. The zero-order valence-electron chi connectivity index (χ0n) is 9.33. The number of rotatable bonds is 5.